The lowest BCUT2D eigenvalue weighted by Gasteiger charge is -2.09. The Bertz CT molecular complexity index is 591. The van der Waals surface area contributed by atoms with Crippen LogP contribution >= 0.6 is 11.3 Å². The number of aromatic nitrogens is 2. The minimum absolute atomic E-state index is 0.261. The number of hydrogen-bond acceptors (Lipinski definition) is 7. The normalized spacial score (nSPS) is 9.78. The molecule has 0 atom stereocenters. The predicted molar refractivity (Wildman–Crippen MR) is 66.4 cm³/mol. The number of hydrogen-bond donors (Lipinski definition) is 1. The van der Waals surface area contributed by atoms with Crippen LogP contribution in [0.3, 0.4) is 0 Å². The largest absolute Gasteiger partial charge is 0.493 e. The van der Waals surface area contributed by atoms with Crippen molar-refractivity contribution in [2.75, 3.05) is 12.8 Å². The number of benzene rings is 1. The van der Waals surface area contributed by atoms with Gasteiger partial charge >= 0.3 is 0 Å². The van der Waals surface area contributed by atoms with Gasteiger partial charge in [0.15, 0.2) is 16.5 Å². The van der Waals surface area contributed by atoms with Crippen LogP contribution in [0.1, 0.15) is 10.6 Å². The molecule has 2 rings (SSSR count). The molecule has 0 bridgehead atoms. The summed E-state index contributed by atoms with van der Waals surface area (Å²) >= 11 is 1.27. The zero-order valence-corrected chi connectivity index (χ0v) is 10.4. The molecule has 0 spiro atoms. The van der Waals surface area contributed by atoms with E-state index in [-0.39, 0.29) is 6.61 Å². The summed E-state index contributed by atoms with van der Waals surface area (Å²) in [5.41, 5.74) is 5.98. The fourth-order valence-corrected chi connectivity index (χ4v) is 1.84. The number of nitrogens with zero attached hydrogens (tertiary/aromatic N) is 3. The van der Waals surface area contributed by atoms with Gasteiger partial charge in [-0.2, -0.15) is 5.26 Å². The first kappa shape index (κ1) is 12.1. The third-order valence-corrected chi connectivity index (χ3v) is 2.85. The number of anilines is 1. The van der Waals surface area contributed by atoms with Gasteiger partial charge in [-0.1, -0.05) is 11.3 Å². The second kappa shape index (κ2) is 5.33. The number of nitrogen functional groups attached to an aromatic ring is 1. The van der Waals surface area contributed by atoms with E-state index in [2.05, 4.69) is 10.2 Å². The molecule has 0 aliphatic heterocycles. The fourth-order valence-electron chi connectivity index (χ4n) is 1.32. The first-order chi connectivity index (χ1) is 8.72. The topological polar surface area (TPSA) is 94.0 Å². The summed E-state index contributed by atoms with van der Waals surface area (Å²) in [5, 5.41) is 17.4. The van der Waals surface area contributed by atoms with Crippen LogP contribution in [-0.4, -0.2) is 17.3 Å². The minimum atomic E-state index is 0.261. The molecule has 1 aromatic heterocycles. The molecule has 2 aromatic rings. The quantitative estimate of drug-likeness (QED) is 0.899. The molecule has 6 nitrogen and oxygen atoms in total. The smallest absolute Gasteiger partial charge is 0.203 e. The molecular weight excluding hydrogens is 252 g/mol. The van der Waals surface area contributed by atoms with Crippen molar-refractivity contribution < 1.29 is 9.47 Å². The lowest BCUT2D eigenvalue weighted by molar-refractivity contribution is 0.283. The monoisotopic (exact) mass is 262 g/mol. The molecular formula is C11H10N4O2S. The van der Waals surface area contributed by atoms with E-state index in [1.807, 2.05) is 6.07 Å². The highest BCUT2D eigenvalue weighted by Crippen LogP contribution is 2.28. The maximum atomic E-state index is 8.78. The van der Waals surface area contributed by atoms with Crippen LogP contribution < -0.4 is 15.2 Å². The Hall–Kier alpha value is -2.33. The maximum absolute atomic E-state index is 8.78. The van der Waals surface area contributed by atoms with Crippen LogP contribution in [0, 0.1) is 11.3 Å². The van der Waals surface area contributed by atoms with Gasteiger partial charge in [0.2, 0.25) is 5.13 Å². The second-order valence-electron chi connectivity index (χ2n) is 3.30. The SMILES string of the molecule is COc1cc(C#N)ccc1OCc1nnc(N)s1. The number of rotatable bonds is 4. The molecule has 1 heterocycles. The predicted octanol–water partition coefficient (Wildman–Crippen LogP) is 1.58. The highest BCUT2D eigenvalue weighted by atomic mass is 32.1. The highest BCUT2D eigenvalue weighted by Gasteiger charge is 2.08. The second-order valence-corrected chi connectivity index (χ2v) is 4.39. The molecule has 0 radical (unpaired) electrons. The van der Waals surface area contributed by atoms with Crippen LogP contribution in [0.2, 0.25) is 0 Å². The van der Waals surface area contributed by atoms with Gasteiger partial charge in [0.05, 0.1) is 18.7 Å². The number of ether oxygens (including phenoxy) is 2. The van der Waals surface area contributed by atoms with E-state index in [0.29, 0.717) is 27.2 Å². The Balaban J connectivity index is 2.12. The number of nitrogens with two attached hydrogens (primary N) is 1. The van der Waals surface area contributed by atoms with Gasteiger partial charge in [-0.3, -0.25) is 0 Å². The Kier molecular flexibility index (Phi) is 3.60. The summed E-state index contributed by atoms with van der Waals surface area (Å²) in [5.74, 6) is 1.05. The molecule has 18 heavy (non-hydrogen) atoms. The number of nitriles is 1. The Labute approximate surface area is 108 Å². The zero-order valence-electron chi connectivity index (χ0n) is 9.58. The average Bonchev–Trinajstić information content (AvgIpc) is 2.82. The van der Waals surface area contributed by atoms with Crippen molar-refractivity contribution in [3.8, 4) is 17.6 Å². The third-order valence-electron chi connectivity index (χ3n) is 2.13. The van der Waals surface area contributed by atoms with Gasteiger partial charge in [0.1, 0.15) is 6.61 Å². The molecule has 0 amide bonds. The first-order valence-electron chi connectivity index (χ1n) is 5.01. The molecule has 92 valence electrons. The summed E-state index contributed by atoms with van der Waals surface area (Å²) in [6.45, 7) is 0.261. The Morgan fingerprint density at radius 1 is 1.39 bits per heavy atom. The van der Waals surface area contributed by atoms with E-state index in [1.54, 1.807) is 18.2 Å². The summed E-state index contributed by atoms with van der Waals surface area (Å²) in [6, 6.07) is 6.99. The third kappa shape index (κ3) is 2.67. The zero-order chi connectivity index (χ0) is 13.0. The first-order valence-corrected chi connectivity index (χ1v) is 5.83. The van der Waals surface area contributed by atoms with Crippen LogP contribution in [0.25, 0.3) is 0 Å². The number of methoxy groups -OCH3 is 1. The van der Waals surface area contributed by atoms with Crippen molar-refractivity contribution >= 4 is 16.5 Å². The van der Waals surface area contributed by atoms with E-state index in [4.69, 9.17) is 20.5 Å². The summed E-state index contributed by atoms with van der Waals surface area (Å²) < 4.78 is 10.7. The van der Waals surface area contributed by atoms with Crippen molar-refractivity contribution in [3.05, 3.63) is 28.8 Å². The molecule has 0 unspecified atom stereocenters. The minimum Gasteiger partial charge on any atom is -0.493 e. The van der Waals surface area contributed by atoms with Crippen molar-refractivity contribution in [1.82, 2.24) is 10.2 Å². The van der Waals surface area contributed by atoms with Gasteiger partial charge < -0.3 is 15.2 Å². The van der Waals surface area contributed by atoms with E-state index in [9.17, 15) is 0 Å². The van der Waals surface area contributed by atoms with Gasteiger partial charge in [-0.25, -0.2) is 0 Å². The summed E-state index contributed by atoms with van der Waals surface area (Å²) in [7, 11) is 1.52. The highest BCUT2D eigenvalue weighted by molar-refractivity contribution is 7.15. The van der Waals surface area contributed by atoms with E-state index in [1.165, 1.54) is 18.4 Å². The van der Waals surface area contributed by atoms with Gasteiger partial charge in [-0.15, -0.1) is 10.2 Å². The van der Waals surface area contributed by atoms with E-state index < -0.39 is 0 Å². The molecule has 0 saturated carbocycles. The van der Waals surface area contributed by atoms with Gasteiger partial charge in [0, 0.05) is 6.07 Å². The lowest BCUT2D eigenvalue weighted by atomic mass is 10.2. The Morgan fingerprint density at radius 3 is 2.83 bits per heavy atom. The van der Waals surface area contributed by atoms with Crippen molar-refractivity contribution in [2.45, 2.75) is 6.61 Å². The van der Waals surface area contributed by atoms with Crippen LogP contribution in [-0.2, 0) is 6.61 Å². The molecule has 0 saturated heterocycles. The van der Waals surface area contributed by atoms with Gasteiger partial charge in [-0.05, 0) is 12.1 Å². The van der Waals surface area contributed by atoms with Crippen LogP contribution in [0.4, 0.5) is 5.13 Å². The standard InChI is InChI=1S/C11H10N4O2S/c1-16-9-4-7(5-12)2-3-8(9)17-6-10-14-15-11(13)18-10/h2-4H,6H2,1H3,(H2,13,15). The lowest BCUT2D eigenvalue weighted by Crippen LogP contribution is -1.97. The van der Waals surface area contributed by atoms with Crippen molar-refractivity contribution in [1.29, 1.82) is 5.26 Å². The van der Waals surface area contributed by atoms with E-state index >= 15 is 0 Å². The summed E-state index contributed by atoms with van der Waals surface area (Å²) in [4.78, 5) is 0. The average molecular weight is 262 g/mol. The van der Waals surface area contributed by atoms with Gasteiger partial charge in [0.25, 0.3) is 0 Å². The summed E-state index contributed by atoms with van der Waals surface area (Å²) in [6.07, 6.45) is 0. The van der Waals surface area contributed by atoms with Crippen molar-refractivity contribution in [3.63, 3.8) is 0 Å². The molecule has 2 N–H and O–H groups in total. The maximum Gasteiger partial charge on any atom is 0.203 e. The Morgan fingerprint density at radius 2 is 2.22 bits per heavy atom. The molecule has 1 aromatic carbocycles. The van der Waals surface area contributed by atoms with E-state index in [0.717, 1.165) is 0 Å². The van der Waals surface area contributed by atoms with Crippen LogP contribution in [0.5, 0.6) is 11.5 Å². The molecule has 0 aliphatic rings. The molecule has 7 heteroatoms. The fraction of sp³-hybridized carbons (Fsp3) is 0.182. The molecule has 0 fully saturated rings. The van der Waals surface area contributed by atoms with Crippen molar-refractivity contribution in [2.24, 2.45) is 0 Å². The molecule has 0 aliphatic carbocycles. The van der Waals surface area contributed by atoms with Crippen LogP contribution in [0.15, 0.2) is 18.2 Å².